The Morgan fingerprint density at radius 2 is 1.90 bits per heavy atom. The molecule has 106 valence electrons. The highest BCUT2D eigenvalue weighted by Gasteiger charge is 2.17. The Kier molecular flexibility index (Phi) is 4.35. The summed E-state index contributed by atoms with van der Waals surface area (Å²) in [6.07, 6.45) is 1.73. The molecule has 2 rings (SSSR count). The summed E-state index contributed by atoms with van der Waals surface area (Å²) in [6.45, 7) is 3.89. The van der Waals surface area contributed by atoms with Crippen molar-refractivity contribution < 1.29 is 4.39 Å². The Hall–Kier alpha value is -1.94. The van der Waals surface area contributed by atoms with Gasteiger partial charge in [0.05, 0.1) is 6.04 Å². The summed E-state index contributed by atoms with van der Waals surface area (Å²) in [5, 5.41) is 0. The molecule has 0 aliphatic rings. The zero-order valence-electron chi connectivity index (χ0n) is 12.0. The minimum absolute atomic E-state index is 0.0473. The maximum atomic E-state index is 13.9. The first kappa shape index (κ1) is 14.5. The molecule has 4 heteroatoms. The molecule has 1 unspecified atom stereocenters. The first-order valence-electron chi connectivity index (χ1n) is 6.69. The SMILES string of the molecule is CC(c1ccccc1F)N(C)c1cc([C@H](C)N)ccn1. The standard InChI is InChI=1S/C16H20FN3/c1-11(18)13-8-9-19-16(10-13)20(3)12(2)14-6-4-5-7-15(14)17/h4-12H,18H2,1-3H3/t11-,12?/m0/s1. The first-order valence-corrected chi connectivity index (χ1v) is 6.69. The maximum Gasteiger partial charge on any atom is 0.129 e. The van der Waals surface area contributed by atoms with E-state index in [1.165, 1.54) is 6.07 Å². The van der Waals surface area contributed by atoms with Gasteiger partial charge in [-0.2, -0.15) is 0 Å². The summed E-state index contributed by atoms with van der Waals surface area (Å²) in [6, 6.07) is 10.5. The van der Waals surface area contributed by atoms with Crippen molar-refractivity contribution in [1.82, 2.24) is 4.98 Å². The van der Waals surface area contributed by atoms with E-state index in [4.69, 9.17) is 5.73 Å². The van der Waals surface area contributed by atoms with Crippen LogP contribution in [0, 0.1) is 5.82 Å². The van der Waals surface area contributed by atoms with Gasteiger partial charge in [0.25, 0.3) is 0 Å². The van der Waals surface area contributed by atoms with Crippen LogP contribution >= 0.6 is 0 Å². The second-order valence-electron chi connectivity index (χ2n) is 5.04. The minimum Gasteiger partial charge on any atom is -0.353 e. The van der Waals surface area contributed by atoms with Gasteiger partial charge in [0.2, 0.25) is 0 Å². The third kappa shape index (κ3) is 2.96. The normalized spacial score (nSPS) is 13.8. The molecule has 2 aromatic rings. The number of hydrogen-bond acceptors (Lipinski definition) is 3. The molecule has 0 fully saturated rings. The molecule has 2 N–H and O–H groups in total. The highest BCUT2D eigenvalue weighted by Crippen LogP contribution is 2.26. The molecule has 0 aliphatic carbocycles. The Bertz CT molecular complexity index is 583. The number of halogens is 1. The van der Waals surface area contributed by atoms with Crippen molar-refractivity contribution in [3.8, 4) is 0 Å². The fourth-order valence-corrected chi connectivity index (χ4v) is 2.13. The second-order valence-corrected chi connectivity index (χ2v) is 5.04. The minimum atomic E-state index is -0.199. The molecule has 0 saturated carbocycles. The van der Waals surface area contributed by atoms with Crippen LogP contribution in [0.25, 0.3) is 0 Å². The van der Waals surface area contributed by atoms with Crippen molar-refractivity contribution in [3.63, 3.8) is 0 Å². The Labute approximate surface area is 119 Å². The summed E-state index contributed by atoms with van der Waals surface area (Å²) in [7, 11) is 1.91. The van der Waals surface area contributed by atoms with E-state index < -0.39 is 0 Å². The van der Waals surface area contributed by atoms with Crippen molar-refractivity contribution in [1.29, 1.82) is 0 Å². The lowest BCUT2D eigenvalue weighted by atomic mass is 10.1. The van der Waals surface area contributed by atoms with Gasteiger partial charge in [0, 0.05) is 24.8 Å². The molecule has 0 amide bonds. The quantitative estimate of drug-likeness (QED) is 0.928. The fraction of sp³-hybridized carbons (Fsp3) is 0.312. The molecule has 1 aromatic heterocycles. The number of nitrogens with zero attached hydrogens (tertiary/aromatic N) is 2. The van der Waals surface area contributed by atoms with E-state index in [9.17, 15) is 4.39 Å². The summed E-state index contributed by atoms with van der Waals surface area (Å²) < 4.78 is 13.9. The lowest BCUT2D eigenvalue weighted by Crippen LogP contribution is -2.23. The van der Waals surface area contributed by atoms with E-state index in [1.807, 2.05) is 44.0 Å². The molecule has 1 aromatic carbocycles. The highest BCUT2D eigenvalue weighted by molar-refractivity contribution is 5.44. The van der Waals surface area contributed by atoms with Crippen molar-refractivity contribution in [2.45, 2.75) is 25.9 Å². The summed E-state index contributed by atoms with van der Waals surface area (Å²) in [5.41, 5.74) is 7.56. The van der Waals surface area contributed by atoms with Gasteiger partial charge in [-0.05, 0) is 37.6 Å². The molecular weight excluding hydrogens is 253 g/mol. The van der Waals surface area contributed by atoms with Gasteiger partial charge in [-0.3, -0.25) is 0 Å². The first-order chi connectivity index (χ1) is 9.50. The number of hydrogen-bond donors (Lipinski definition) is 1. The van der Waals surface area contributed by atoms with Crippen LogP contribution in [0.15, 0.2) is 42.6 Å². The van der Waals surface area contributed by atoms with Crippen LogP contribution in [0.3, 0.4) is 0 Å². The van der Waals surface area contributed by atoms with E-state index in [0.29, 0.717) is 5.56 Å². The van der Waals surface area contributed by atoms with Gasteiger partial charge in [-0.25, -0.2) is 9.37 Å². The van der Waals surface area contributed by atoms with Crippen LogP contribution < -0.4 is 10.6 Å². The van der Waals surface area contributed by atoms with Crippen molar-refractivity contribution in [3.05, 3.63) is 59.5 Å². The molecule has 1 heterocycles. The molecule has 0 radical (unpaired) electrons. The number of aromatic nitrogens is 1. The van der Waals surface area contributed by atoms with Crippen molar-refractivity contribution >= 4 is 5.82 Å². The maximum absolute atomic E-state index is 13.9. The van der Waals surface area contributed by atoms with Crippen molar-refractivity contribution in [2.75, 3.05) is 11.9 Å². The summed E-state index contributed by atoms with van der Waals surface area (Å²) in [5.74, 6) is 0.589. The number of benzene rings is 1. The van der Waals surface area contributed by atoms with E-state index in [2.05, 4.69) is 4.98 Å². The van der Waals surface area contributed by atoms with Gasteiger partial charge in [-0.15, -0.1) is 0 Å². The molecule has 2 atom stereocenters. The molecule has 20 heavy (non-hydrogen) atoms. The van der Waals surface area contributed by atoms with Gasteiger partial charge in [-0.1, -0.05) is 18.2 Å². The van der Waals surface area contributed by atoms with Crippen molar-refractivity contribution in [2.24, 2.45) is 5.73 Å². The highest BCUT2D eigenvalue weighted by atomic mass is 19.1. The largest absolute Gasteiger partial charge is 0.353 e. The average Bonchev–Trinajstić information content (AvgIpc) is 2.46. The predicted octanol–water partition coefficient (Wildman–Crippen LogP) is 3.44. The zero-order valence-corrected chi connectivity index (χ0v) is 12.0. The molecule has 3 nitrogen and oxygen atoms in total. The van der Waals surface area contributed by atoms with Gasteiger partial charge >= 0.3 is 0 Å². The molecule has 0 aliphatic heterocycles. The second kappa shape index (κ2) is 6.01. The summed E-state index contributed by atoms with van der Waals surface area (Å²) in [4.78, 5) is 6.29. The third-order valence-electron chi connectivity index (χ3n) is 3.59. The smallest absolute Gasteiger partial charge is 0.129 e. The zero-order chi connectivity index (χ0) is 14.7. The molecule has 0 saturated heterocycles. The van der Waals surface area contributed by atoms with Crippen LogP contribution in [-0.2, 0) is 0 Å². The number of pyridine rings is 1. The number of nitrogens with two attached hydrogens (primary N) is 1. The topological polar surface area (TPSA) is 42.1 Å². The monoisotopic (exact) mass is 273 g/mol. The van der Waals surface area contributed by atoms with E-state index >= 15 is 0 Å². The van der Waals surface area contributed by atoms with E-state index in [1.54, 1.807) is 18.3 Å². The van der Waals surface area contributed by atoms with E-state index in [0.717, 1.165) is 11.4 Å². The Balaban J connectivity index is 2.29. The lowest BCUT2D eigenvalue weighted by Gasteiger charge is -2.27. The molecule has 0 spiro atoms. The summed E-state index contributed by atoms with van der Waals surface area (Å²) >= 11 is 0. The number of rotatable bonds is 4. The average molecular weight is 273 g/mol. The van der Waals surface area contributed by atoms with Crippen LogP contribution in [0.1, 0.15) is 37.1 Å². The van der Waals surface area contributed by atoms with Gasteiger partial charge in [0.15, 0.2) is 0 Å². The number of anilines is 1. The Morgan fingerprint density at radius 1 is 1.20 bits per heavy atom. The molecular formula is C16H20FN3. The fourth-order valence-electron chi connectivity index (χ4n) is 2.13. The Morgan fingerprint density at radius 3 is 2.55 bits per heavy atom. The predicted molar refractivity (Wildman–Crippen MR) is 80.1 cm³/mol. The third-order valence-corrected chi connectivity index (χ3v) is 3.59. The van der Waals surface area contributed by atoms with Gasteiger partial charge in [0.1, 0.15) is 11.6 Å². The lowest BCUT2D eigenvalue weighted by molar-refractivity contribution is 0.584. The molecule has 0 bridgehead atoms. The van der Waals surface area contributed by atoms with Gasteiger partial charge < -0.3 is 10.6 Å². The van der Waals surface area contributed by atoms with Crippen LogP contribution in [-0.4, -0.2) is 12.0 Å². The van der Waals surface area contributed by atoms with Crippen LogP contribution in [0.5, 0.6) is 0 Å². The van der Waals surface area contributed by atoms with E-state index in [-0.39, 0.29) is 17.9 Å². The van der Waals surface area contributed by atoms with Crippen LogP contribution in [0.4, 0.5) is 10.2 Å². The van der Waals surface area contributed by atoms with Crippen LogP contribution in [0.2, 0.25) is 0 Å².